The summed E-state index contributed by atoms with van der Waals surface area (Å²) in [6, 6.07) is 10.5. The van der Waals surface area contributed by atoms with Crippen molar-refractivity contribution in [2.75, 3.05) is 0 Å². The van der Waals surface area contributed by atoms with E-state index in [9.17, 15) is 4.79 Å². The molecule has 3 rings (SSSR count). The second-order valence-corrected chi connectivity index (χ2v) is 4.23. The predicted octanol–water partition coefficient (Wildman–Crippen LogP) is 4.04. The van der Waals surface area contributed by atoms with E-state index in [1.807, 2.05) is 18.2 Å². The van der Waals surface area contributed by atoms with Crippen LogP contribution in [0.1, 0.15) is 15.9 Å². The van der Waals surface area contributed by atoms with E-state index >= 15 is 0 Å². The van der Waals surface area contributed by atoms with Gasteiger partial charge in [-0.15, -0.1) is 0 Å². The molecule has 0 unspecified atom stereocenters. The van der Waals surface area contributed by atoms with Crippen molar-refractivity contribution in [3.05, 3.63) is 57.5 Å². The molecule has 2 aromatic rings. The fourth-order valence-electron chi connectivity index (χ4n) is 2.11. The smallest absolute Gasteiger partial charge is 0.289 e. The zero-order valence-electron chi connectivity index (χ0n) is 8.64. The fraction of sp³-hybridized carbons (Fsp3) is 0. The van der Waals surface area contributed by atoms with E-state index in [0.29, 0.717) is 16.1 Å². The highest BCUT2D eigenvalue weighted by molar-refractivity contribution is 6.34. The zero-order chi connectivity index (χ0) is 12.0. The van der Waals surface area contributed by atoms with Crippen LogP contribution in [0.5, 0.6) is 0 Å². The third-order valence-corrected chi connectivity index (χ3v) is 3.20. The first-order valence-electron chi connectivity index (χ1n) is 5.05. The fourth-order valence-corrected chi connectivity index (χ4v) is 2.31. The first kappa shape index (κ1) is 10.0. The van der Waals surface area contributed by atoms with Crippen LogP contribution in [0.4, 0.5) is 5.69 Å². The lowest BCUT2D eigenvalue weighted by Crippen LogP contribution is -1.94. The Hall–Kier alpha value is -2.18. The van der Waals surface area contributed by atoms with Gasteiger partial charge >= 0.3 is 5.69 Å². The Morgan fingerprint density at radius 1 is 1.00 bits per heavy atom. The van der Waals surface area contributed by atoms with Gasteiger partial charge in [0.1, 0.15) is 5.02 Å². The van der Waals surface area contributed by atoms with Gasteiger partial charge in [-0.25, -0.2) is 0 Å². The number of carbonyl (C=O) groups is 1. The Balaban J connectivity index is 2.37. The quantitative estimate of drug-likeness (QED) is 0.558. The summed E-state index contributed by atoms with van der Waals surface area (Å²) in [6.07, 6.45) is 0. The molecule has 0 heterocycles. The maximum absolute atomic E-state index is 12.1. The number of ketones is 1. The van der Waals surface area contributed by atoms with Crippen LogP contribution < -0.4 is 0 Å². The Bertz CT molecular complexity index is 701. The minimum Gasteiger partial charge on any atom is -0.289 e. The van der Waals surface area contributed by atoms with E-state index in [0.717, 1.165) is 11.1 Å². The van der Waals surface area contributed by atoms with Crippen molar-refractivity contribution in [3.63, 3.8) is 0 Å². The molecule has 0 spiro atoms. The van der Waals surface area contributed by atoms with E-state index in [-0.39, 0.29) is 11.5 Å². The molecule has 0 amide bonds. The lowest BCUT2D eigenvalue weighted by molar-refractivity contribution is 0.104. The van der Waals surface area contributed by atoms with Crippen molar-refractivity contribution < 1.29 is 4.79 Å². The van der Waals surface area contributed by atoms with Crippen LogP contribution in [0.3, 0.4) is 0 Å². The largest absolute Gasteiger partial charge is 0.404 e. The lowest BCUT2D eigenvalue weighted by Gasteiger charge is -1.97. The van der Waals surface area contributed by atoms with Gasteiger partial charge in [0.2, 0.25) is 5.39 Å². The monoisotopic (exact) mass is 241 g/mol. The Kier molecular flexibility index (Phi) is 2.01. The van der Waals surface area contributed by atoms with E-state index in [1.54, 1.807) is 12.1 Å². The van der Waals surface area contributed by atoms with Gasteiger partial charge < -0.3 is 0 Å². The average Bonchev–Trinajstić information content (AvgIpc) is 2.63. The summed E-state index contributed by atoms with van der Waals surface area (Å²) in [4.78, 5) is 15.2. The predicted molar refractivity (Wildman–Crippen MR) is 65.1 cm³/mol. The molecule has 0 bridgehead atoms. The molecule has 2 aromatic carbocycles. The molecule has 3 nitrogen and oxygen atoms in total. The van der Waals surface area contributed by atoms with Gasteiger partial charge in [0, 0.05) is 17.2 Å². The number of rotatable bonds is 0. The van der Waals surface area contributed by atoms with Gasteiger partial charge in [-0.1, -0.05) is 35.9 Å². The SMILES string of the molecule is N#[N+]c1cc2c(cc1Cl)-c1ccccc1C2=O. The Labute approximate surface area is 102 Å². The van der Waals surface area contributed by atoms with Crippen molar-refractivity contribution in [2.24, 2.45) is 0 Å². The molecule has 17 heavy (non-hydrogen) atoms. The second-order valence-electron chi connectivity index (χ2n) is 3.82. The molecule has 1 aliphatic rings. The number of benzene rings is 2. The van der Waals surface area contributed by atoms with Crippen LogP contribution in [0, 0.1) is 5.39 Å². The molecule has 0 saturated heterocycles. The maximum Gasteiger partial charge on any atom is 0.404 e. The van der Waals surface area contributed by atoms with E-state index < -0.39 is 0 Å². The molecule has 0 fully saturated rings. The van der Waals surface area contributed by atoms with E-state index in [2.05, 4.69) is 4.98 Å². The van der Waals surface area contributed by atoms with Crippen LogP contribution in [0.2, 0.25) is 5.02 Å². The molecule has 4 heteroatoms. The standard InChI is InChI=1S/C13H6ClN2O/c14-11-5-9-7-3-1-2-4-8(7)13(17)10(9)6-12(11)16-15/h1-6H/q+1. The summed E-state index contributed by atoms with van der Waals surface area (Å²) in [5, 5.41) is 9.11. The Morgan fingerprint density at radius 2 is 1.71 bits per heavy atom. The second kappa shape index (κ2) is 3.41. The molecule has 0 N–H and O–H groups in total. The van der Waals surface area contributed by atoms with Crippen molar-refractivity contribution in [1.82, 2.24) is 0 Å². The van der Waals surface area contributed by atoms with Crippen LogP contribution in [-0.4, -0.2) is 5.78 Å². The van der Waals surface area contributed by atoms with E-state index in [4.69, 9.17) is 17.0 Å². The molecule has 0 radical (unpaired) electrons. The molecule has 0 aromatic heterocycles. The number of nitrogens with zero attached hydrogens (tertiary/aromatic N) is 2. The summed E-state index contributed by atoms with van der Waals surface area (Å²) in [6.45, 7) is 0. The van der Waals surface area contributed by atoms with Gasteiger partial charge in [-0.3, -0.25) is 4.79 Å². The van der Waals surface area contributed by atoms with Gasteiger partial charge in [-0.05, 0) is 17.2 Å². The molecular formula is C13H6ClN2O+. The number of carbonyl (C=O) groups excluding carboxylic acids is 1. The lowest BCUT2D eigenvalue weighted by atomic mass is 10.1. The summed E-state index contributed by atoms with van der Waals surface area (Å²) in [7, 11) is 0. The third kappa shape index (κ3) is 1.28. The normalized spacial score (nSPS) is 11.9. The number of diazo groups is 1. The van der Waals surface area contributed by atoms with E-state index in [1.165, 1.54) is 6.07 Å². The average molecular weight is 242 g/mol. The first-order chi connectivity index (χ1) is 8.22. The zero-order valence-corrected chi connectivity index (χ0v) is 9.40. The molecule has 0 atom stereocenters. The van der Waals surface area contributed by atoms with Gasteiger partial charge in [-0.2, -0.15) is 0 Å². The number of hydrogen-bond donors (Lipinski definition) is 0. The summed E-state index contributed by atoms with van der Waals surface area (Å²) in [5.41, 5.74) is 3.07. The Morgan fingerprint density at radius 3 is 2.41 bits per heavy atom. The van der Waals surface area contributed by atoms with Crippen LogP contribution >= 0.6 is 11.6 Å². The molecular weight excluding hydrogens is 236 g/mol. The van der Waals surface area contributed by atoms with Gasteiger partial charge in [0.25, 0.3) is 0 Å². The van der Waals surface area contributed by atoms with Crippen molar-refractivity contribution in [1.29, 1.82) is 5.39 Å². The topological polar surface area (TPSA) is 45.2 Å². The number of fused-ring (bicyclic) bond motifs is 3. The number of halogens is 1. The highest BCUT2D eigenvalue weighted by atomic mass is 35.5. The molecule has 80 valence electrons. The number of hydrogen-bond acceptors (Lipinski definition) is 2. The maximum atomic E-state index is 12.1. The van der Waals surface area contributed by atoms with Gasteiger partial charge in [0.05, 0.1) is 0 Å². The van der Waals surface area contributed by atoms with Crippen molar-refractivity contribution in [2.45, 2.75) is 0 Å². The first-order valence-corrected chi connectivity index (χ1v) is 5.43. The van der Waals surface area contributed by atoms with Crippen LogP contribution in [-0.2, 0) is 0 Å². The van der Waals surface area contributed by atoms with Gasteiger partial charge in [0.15, 0.2) is 10.8 Å². The highest BCUT2D eigenvalue weighted by Gasteiger charge is 2.30. The minimum atomic E-state index is -0.0582. The summed E-state index contributed by atoms with van der Waals surface area (Å²) < 4.78 is 0. The van der Waals surface area contributed by atoms with Crippen LogP contribution in [0.25, 0.3) is 16.1 Å². The summed E-state index contributed by atoms with van der Waals surface area (Å²) in [5.74, 6) is -0.0582. The molecule has 1 aliphatic carbocycles. The molecule has 0 saturated carbocycles. The molecule has 0 aliphatic heterocycles. The van der Waals surface area contributed by atoms with Crippen LogP contribution in [0.15, 0.2) is 36.4 Å². The highest BCUT2D eigenvalue weighted by Crippen LogP contribution is 2.41. The van der Waals surface area contributed by atoms with Crippen molar-refractivity contribution >= 4 is 23.1 Å². The minimum absolute atomic E-state index is 0.0582. The summed E-state index contributed by atoms with van der Waals surface area (Å²) >= 11 is 5.96. The third-order valence-electron chi connectivity index (χ3n) is 2.90. The van der Waals surface area contributed by atoms with Crippen molar-refractivity contribution in [3.8, 4) is 11.1 Å².